The SMILES string of the molecule is O=C(Nc1cccc2c1C(=O)c1ccccc1C2=O)c1cccc(Nc2nccs2)c1. The molecule has 1 aromatic heterocycles. The monoisotopic (exact) mass is 425 g/mol. The van der Waals surface area contributed by atoms with E-state index in [0.29, 0.717) is 27.9 Å². The van der Waals surface area contributed by atoms with Crippen molar-refractivity contribution < 1.29 is 14.4 Å². The highest BCUT2D eigenvalue weighted by Gasteiger charge is 2.31. The number of carbonyl (C=O) groups is 3. The van der Waals surface area contributed by atoms with Crippen molar-refractivity contribution in [2.75, 3.05) is 10.6 Å². The van der Waals surface area contributed by atoms with Crippen LogP contribution < -0.4 is 10.6 Å². The second-order valence-electron chi connectivity index (χ2n) is 6.93. The number of carbonyl (C=O) groups excluding carboxylic acids is 3. The van der Waals surface area contributed by atoms with Gasteiger partial charge in [0.05, 0.1) is 11.3 Å². The van der Waals surface area contributed by atoms with Crippen LogP contribution in [0.4, 0.5) is 16.5 Å². The van der Waals surface area contributed by atoms with E-state index >= 15 is 0 Å². The van der Waals surface area contributed by atoms with E-state index in [1.165, 1.54) is 11.3 Å². The summed E-state index contributed by atoms with van der Waals surface area (Å²) in [6.07, 6.45) is 1.69. The van der Waals surface area contributed by atoms with Crippen molar-refractivity contribution in [2.24, 2.45) is 0 Å². The first-order valence-electron chi connectivity index (χ1n) is 9.51. The highest BCUT2D eigenvalue weighted by Crippen LogP contribution is 2.32. The minimum atomic E-state index is -0.379. The van der Waals surface area contributed by atoms with Gasteiger partial charge in [0.15, 0.2) is 16.7 Å². The molecule has 0 aliphatic heterocycles. The first-order valence-corrected chi connectivity index (χ1v) is 10.4. The lowest BCUT2D eigenvalue weighted by Gasteiger charge is -2.20. The van der Waals surface area contributed by atoms with Crippen molar-refractivity contribution in [3.63, 3.8) is 0 Å². The van der Waals surface area contributed by atoms with E-state index in [4.69, 9.17) is 0 Å². The van der Waals surface area contributed by atoms with Crippen LogP contribution in [-0.4, -0.2) is 22.5 Å². The number of ketones is 2. The number of nitrogens with one attached hydrogen (secondary N) is 2. The van der Waals surface area contributed by atoms with E-state index in [1.807, 2.05) is 11.4 Å². The molecule has 3 aromatic carbocycles. The highest BCUT2D eigenvalue weighted by molar-refractivity contribution is 7.13. The predicted molar refractivity (Wildman–Crippen MR) is 120 cm³/mol. The molecule has 1 amide bonds. The molecule has 0 spiro atoms. The Morgan fingerprint density at radius 2 is 1.58 bits per heavy atom. The second kappa shape index (κ2) is 7.62. The van der Waals surface area contributed by atoms with E-state index in [2.05, 4.69) is 15.6 Å². The van der Waals surface area contributed by atoms with Crippen LogP contribution in [0.3, 0.4) is 0 Å². The largest absolute Gasteiger partial charge is 0.332 e. The summed E-state index contributed by atoms with van der Waals surface area (Å²) in [5.74, 6) is -0.883. The summed E-state index contributed by atoms with van der Waals surface area (Å²) in [4.78, 5) is 43.1. The van der Waals surface area contributed by atoms with Crippen molar-refractivity contribution in [1.82, 2.24) is 4.98 Å². The third-order valence-corrected chi connectivity index (χ3v) is 5.70. The summed E-state index contributed by atoms with van der Waals surface area (Å²) in [5, 5.41) is 8.52. The first-order chi connectivity index (χ1) is 15.1. The molecule has 7 heteroatoms. The Hall–Kier alpha value is -4.10. The van der Waals surface area contributed by atoms with Crippen LogP contribution in [-0.2, 0) is 0 Å². The molecule has 150 valence electrons. The number of rotatable bonds is 4. The van der Waals surface area contributed by atoms with Crippen molar-refractivity contribution in [3.8, 4) is 0 Å². The molecular formula is C24H15N3O3S. The summed E-state index contributed by atoms with van der Waals surface area (Å²) < 4.78 is 0. The minimum absolute atomic E-state index is 0.219. The topological polar surface area (TPSA) is 88.2 Å². The first kappa shape index (κ1) is 18.9. The zero-order valence-electron chi connectivity index (χ0n) is 16.1. The van der Waals surface area contributed by atoms with Gasteiger partial charge in [0, 0.05) is 39.5 Å². The number of nitrogens with zero attached hydrogens (tertiary/aromatic N) is 1. The molecule has 4 aromatic rings. The van der Waals surface area contributed by atoms with Crippen LogP contribution >= 0.6 is 11.3 Å². The molecule has 0 bridgehead atoms. The third-order valence-electron chi connectivity index (χ3n) is 5.01. The van der Waals surface area contributed by atoms with Gasteiger partial charge in [0.1, 0.15) is 0 Å². The van der Waals surface area contributed by atoms with E-state index in [9.17, 15) is 14.4 Å². The molecule has 0 radical (unpaired) electrons. The maximum atomic E-state index is 13.1. The fraction of sp³-hybridized carbons (Fsp3) is 0. The number of anilines is 3. The van der Waals surface area contributed by atoms with Gasteiger partial charge < -0.3 is 10.6 Å². The smallest absolute Gasteiger partial charge is 0.255 e. The van der Waals surface area contributed by atoms with Gasteiger partial charge in [-0.2, -0.15) is 0 Å². The minimum Gasteiger partial charge on any atom is -0.332 e. The van der Waals surface area contributed by atoms with Crippen LogP contribution in [0.25, 0.3) is 0 Å². The molecule has 6 nitrogen and oxygen atoms in total. The predicted octanol–water partition coefficient (Wildman–Crippen LogP) is 4.91. The Kier molecular flexibility index (Phi) is 4.65. The molecule has 1 heterocycles. The highest BCUT2D eigenvalue weighted by atomic mass is 32.1. The molecular weight excluding hydrogens is 410 g/mol. The van der Waals surface area contributed by atoms with E-state index in [0.717, 1.165) is 10.8 Å². The van der Waals surface area contributed by atoms with Crippen molar-refractivity contribution in [1.29, 1.82) is 0 Å². The molecule has 0 fully saturated rings. The summed E-state index contributed by atoms with van der Waals surface area (Å²) in [5.41, 5.74) is 2.68. The van der Waals surface area contributed by atoms with Crippen LogP contribution in [0.15, 0.2) is 78.3 Å². The van der Waals surface area contributed by atoms with Gasteiger partial charge in [0.25, 0.3) is 5.91 Å². The molecule has 1 aliphatic rings. The summed E-state index contributed by atoms with van der Waals surface area (Å²) in [6.45, 7) is 0. The van der Waals surface area contributed by atoms with Crippen LogP contribution in [0.5, 0.6) is 0 Å². The summed E-state index contributed by atoms with van der Waals surface area (Å²) in [7, 11) is 0. The number of amides is 1. The molecule has 0 saturated heterocycles. The molecule has 31 heavy (non-hydrogen) atoms. The number of benzene rings is 3. The number of fused-ring (bicyclic) bond motifs is 2. The quantitative estimate of drug-likeness (QED) is 0.427. The zero-order chi connectivity index (χ0) is 21.4. The molecule has 0 unspecified atom stereocenters. The lowest BCUT2D eigenvalue weighted by atomic mass is 9.83. The summed E-state index contributed by atoms with van der Waals surface area (Å²) in [6, 6.07) is 18.6. The number of hydrogen-bond acceptors (Lipinski definition) is 6. The number of hydrogen-bond donors (Lipinski definition) is 2. The van der Waals surface area contributed by atoms with Gasteiger partial charge >= 0.3 is 0 Å². The Labute approximate surface area is 181 Å². The molecule has 0 saturated carbocycles. The average Bonchev–Trinajstić information content (AvgIpc) is 3.30. The van der Waals surface area contributed by atoms with Crippen LogP contribution in [0.2, 0.25) is 0 Å². The molecule has 5 rings (SSSR count). The van der Waals surface area contributed by atoms with Gasteiger partial charge in [-0.3, -0.25) is 14.4 Å². The van der Waals surface area contributed by atoms with E-state index < -0.39 is 0 Å². The number of thiazole rings is 1. The van der Waals surface area contributed by atoms with Gasteiger partial charge in [-0.15, -0.1) is 11.3 Å². The van der Waals surface area contributed by atoms with Gasteiger partial charge in [0.2, 0.25) is 0 Å². The summed E-state index contributed by atoms with van der Waals surface area (Å²) >= 11 is 1.45. The van der Waals surface area contributed by atoms with Crippen LogP contribution in [0, 0.1) is 0 Å². The zero-order valence-corrected chi connectivity index (χ0v) is 16.9. The van der Waals surface area contributed by atoms with E-state index in [1.54, 1.807) is 66.9 Å². The van der Waals surface area contributed by atoms with Crippen molar-refractivity contribution >= 4 is 45.3 Å². The average molecular weight is 425 g/mol. The standard InChI is InChI=1S/C24H15N3O3S/c28-21-16-7-1-2-8-17(16)22(29)20-18(21)9-4-10-19(20)27-23(30)14-5-3-6-15(13-14)26-24-25-11-12-31-24/h1-13H,(H,25,26)(H,27,30). The number of aromatic nitrogens is 1. The van der Waals surface area contributed by atoms with Gasteiger partial charge in [-0.25, -0.2) is 4.98 Å². The van der Waals surface area contributed by atoms with Crippen molar-refractivity contribution in [3.05, 3.63) is 106 Å². The van der Waals surface area contributed by atoms with Gasteiger partial charge in [-0.05, 0) is 24.3 Å². The van der Waals surface area contributed by atoms with Crippen LogP contribution in [0.1, 0.15) is 42.2 Å². The molecule has 1 aliphatic carbocycles. The Morgan fingerprint density at radius 1 is 0.839 bits per heavy atom. The van der Waals surface area contributed by atoms with Gasteiger partial charge in [-0.1, -0.05) is 42.5 Å². The fourth-order valence-electron chi connectivity index (χ4n) is 3.59. The normalized spacial score (nSPS) is 12.1. The Bertz CT molecular complexity index is 1350. The maximum absolute atomic E-state index is 13.1. The second-order valence-corrected chi connectivity index (χ2v) is 7.82. The van der Waals surface area contributed by atoms with E-state index in [-0.39, 0.29) is 23.0 Å². The molecule has 0 atom stereocenters. The third kappa shape index (κ3) is 3.41. The Balaban J connectivity index is 1.46. The lowest BCUT2D eigenvalue weighted by Crippen LogP contribution is -2.23. The maximum Gasteiger partial charge on any atom is 0.255 e. The lowest BCUT2D eigenvalue weighted by molar-refractivity contribution is 0.0978. The molecule has 2 N–H and O–H groups in total. The Morgan fingerprint density at radius 3 is 2.35 bits per heavy atom. The fourth-order valence-corrected chi connectivity index (χ4v) is 4.14. The van der Waals surface area contributed by atoms with Crippen molar-refractivity contribution in [2.45, 2.75) is 0 Å².